The second-order valence-corrected chi connectivity index (χ2v) is 6.02. The van der Waals surface area contributed by atoms with E-state index in [1.807, 2.05) is 18.2 Å². The van der Waals surface area contributed by atoms with Gasteiger partial charge in [0.2, 0.25) is 0 Å². The van der Waals surface area contributed by atoms with Crippen molar-refractivity contribution in [1.29, 1.82) is 0 Å². The molecule has 0 aromatic heterocycles. The molecule has 4 heteroatoms. The highest BCUT2D eigenvalue weighted by Gasteiger charge is 2.37. The maximum atomic E-state index is 10.5. The number of nitrogens with zero attached hydrogens (tertiary/aromatic N) is 1. The lowest BCUT2D eigenvalue weighted by Gasteiger charge is -2.26. The zero-order chi connectivity index (χ0) is 15.2. The van der Waals surface area contributed by atoms with Crippen LogP contribution in [0.25, 0.3) is 0 Å². The van der Waals surface area contributed by atoms with Crippen LogP contribution < -0.4 is 0 Å². The van der Waals surface area contributed by atoms with E-state index in [2.05, 4.69) is 24.1 Å². The summed E-state index contributed by atoms with van der Waals surface area (Å²) in [7, 11) is 2.08. The second-order valence-electron chi connectivity index (χ2n) is 6.02. The molecule has 0 aliphatic carbocycles. The summed E-state index contributed by atoms with van der Waals surface area (Å²) in [6.45, 7) is 0. The van der Waals surface area contributed by atoms with Gasteiger partial charge in [0.05, 0.1) is 6.10 Å². The van der Waals surface area contributed by atoms with E-state index >= 15 is 0 Å². The minimum absolute atomic E-state index is 0.164. The predicted molar refractivity (Wildman–Crippen MR) is 82.2 cm³/mol. The van der Waals surface area contributed by atoms with Crippen LogP contribution in [0.5, 0.6) is 0 Å². The van der Waals surface area contributed by atoms with Crippen molar-refractivity contribution in [1.82, 2.24) is 4.90 Å². The summed E-state index contributed by atoms with van der Waals surface area (Å²) in [5, 5.41) is 19.0. The third kappa shape index (κ3) is 4.55. The quantitative estimate of drug-likeness (QED) is 0.757. The van der Waals surface area contributed by atoms with Gasteiger partial charge in [0.15, 0.2) is 0 Å². The number of aliphatic hydroxyl groups is 1. The fourth-order valence-electron chi connectivity index (χ4n) is 3.26. The normalized spacial score (nSPS) is 26.1. The average Bonchev–Trinajstić information content (AvgIpc) is 2.72. The molecule has 21 heavy (non-hydrogen) atoms. The van der Waals surface area contributed by atoms with Gasteiger partial charge in [-0.2, -0.15) is 0 Å². The first-order valence-corrected chi connectivity index (χ1v) is 7.73. The number of likely N-dealkylation sites (N-methyl/N-ethyl adjacent to an activating group) is 1. The number of likely N-dealkylation sites (tertiary alicyclic amines) is 1. The van der Waals surface area contributed by atoms with Gasteiger partial charge in [0.25, 0.3) is 0 Å². The zero-order valence-electron chi connectivity index (χ0n) is 12.6. The number of rotatable bonds is 7. The van der Waals surface area contributed by atoms with Crippen LogP contribution in [0.3, 0.4) is 0 Å². The molecule has 0 amide bonds. The molecule has 1 aromatic carbocycles. The Hall–Kier alpha value is -1.39. The number of unbranched alkanes of at least 4 members (excludes halogenated alkanes) is 1. The van der Waals surface area contributed by atoms with Crippen LogP contribution in [0.2, 0.25) is 0 Å². The summed E-state index contributed by atoms with van der Waals surface area (Å²) in [6, 6.07) is 10.8. The van der Waals surface area contributed by atoms with Crippen LogP contribution in [-0.4, -0.2) is 46.3 Å². The third-order valence-corrected chi connectivity index (χ3v) is 4.52. The second kappa shape index (κ2) is 7.57. The monoisotopic (exact) mass is 291 g/mol. The number of carbonyl (C=O) groups is 1. The summed E-state index contributed by atoms with van der Waals surface area (Å²) >= 11 is 0. The first-order valence-electron chi connectivity index (χ1n) is 7.73. The maximum absolute atomic E-state index is 10.5. The lowest BCUT2D eigenvalue weighted by molar-refractivity contribution is -0.137. The molecule has 116 valence electrons. The van der Waals surface area contributed by atoms with E-state index in [-0.39, 0.29) is 18.6 Å². The predicted octanol–water partition coefficient (Wildman–Crippen LogP) is 2.31. The molecule has 2 N–H and O–H groups in total. The molecule has 0 bridgehead atoms. The Labute approximate surface area is 126 Å². The topological polar surface area (TPSA) is 60.8 Å². The first-order chi connectivity index (χ1) is 10.1. The third-order valence-electron chi connectivity index (χ3n) is 4.52. The van der Waals surface area contributed by atoms with Gasteiger partial charge in [-0.3, -0.25) is 9.69 Å². The minimum atomic E-state index is -0.725. The van der Waals surface area contributed by atoms with Crippen molar-refractivity contribution in [3.8, 4) is 0 Å². The number of aliphatic hydroxyl groups excluding tert-OH is 1. The smallest absolute Gasteiger partial charge is 0.303 e. The van der Waals surface area contributed by atoms with Crippen molar-refractivity contribution >= 4 is 5.97 Å². The summed E-state index contributed by atoms with van der Waals surface area (Å²) in [5.74, 6) is -0.725. The SMILES string of the molecule is CN1C(CCCCC(=O)O)CC(O)C1Cc1ccccc1. The Morgan fingerprint density at radius 3 is 2.67 bits per heavy atom. The van der Waals surface area contributed by atoms with E-state index in [1.165, 1.54) is 5.56 Å². The molecule has 3 atom stereocenters. The van der Waals surface area contributed by atoms with Gasteiger partial charge < -0.3 is 10.2 Å². The molecule has 0 radical (unpaired) electrons. The molecule has 4 nitrogen and oxygen atoms in total. The largest absolute Gasteiger partial charge is 0.481 e. The molecular formula is C17H25NO3. The van der Waals surface area contributed by atoms with Gasteiger partial charge in [0, 0.05) is 18.5 Å². The molecule has 0 spiro atoms. The molecule has 1 aromatic rings. The number of aliphatic carboxylic acids is 1. The minimum Gasteiger partial charge on any atom is -0.481 e. The summed E-state index contributed by atoms with van der Waals surface area (Å²) < 4.78 is 0. The van der Waals surface area contributed by atoms with Crippen molar-refractivity contribution in [2.45, 2.75) is 56.7 Å². The number of carboxylic acids is 1. The van der Waals surface area contributed by atoms with E-state index in [1.54, 1.807) is 0 Å². The molecule has 1 fully saturated rings. The van der Waals surface area contributed by atoms with Gasteiger partial charge >= 0.3 is 5.97 Å². The molecule has 2 rings (SSSR count). The first kappa shape index (κ1) is 16.0. The fourth-order valence-corrected chi connectivity index (χ4v) is 3.26. The van der Waals surface area contributed by atoms with Gasteiger partial charge in [-0.05, 0) is 38.3 Å². The number of hydrogen-bond donors (Lipinski definition) is 2. The molecular weight excluding hydrogens is 266 g/mol. The molecule has 1 aliphatic rings. The van der Waals surface area contributed by atoms with Crippen LogP contribution in [-0.2, 0) is 11.2 Å². The molecule has 1 aliphatic heterocycles. The zero-order valence-corrected chi connectivity index (χ0v) is 12.6. The average molecular weight is 291 g/mol. The van der Waals surface area contributed by atoms with Crippen LogP contribution in [0.15, 0.2) is 30.3 Å². The summed E-state index contributed by atoms with van der Waals surface area (Å²) in [6.07, 6.45) is 4.20. The van der Waals surface area contributed by atoms with E-state index in [0.29, 0.717) is 6.04 Å². The van der Waals surface area contributed by atoms with Crippen molar-refractivity contribution in [3.05, 3.63) is 35.9 Å². The Morgan fingerprint density at radius 1 is 1.29 bits per heavy atom. The fraction of sp³-hybridized carbons (Fsp3) is 0.588. The summed E-state index contributed by atoms with van der Waals surface area (Å²) in [5.41, 5.74) is 1.25. The van der Waals surface area contributed by atoms with E-state index in [4.69, 9.17) is 5.11 Å². The number of hydrogen-bond acceptors (Lipinski definition) is 3. The molecule has 0 saturated carbocycles. The Bertz CT molecular complexity index is 449. The summed E-state index contributed by atoms with van der Waals surface area (Å²) in [4.78, 5) is 12.8. The Balaban J connectivity index is 1.83. The van der Waals surface area contributed by atoms with Crippen LogP contribution in [0.1, 0.15) is 37.7 Å². The van der Waals surface area contributed by atoms with Crippen molar-refractivity contribution in [2.75, 3.05) is 7.05 Å². The van der Waals surface area contributed by atoms with Gasteiger partial charge in [-0.15, -0.1) is 0 Å². The van der Waals surface area contributed by atoms with Gasteiger partial charge in [-0.25, -0.2) is 0 Å². The number of carboxylic acid groups (broad SMARTS) is 1. The van der Waals surface area contributed by atoms with Crippen LogP contribution in [0, 0.1) is 0 Å². The number of benzene rings is 1. The Kier molecular flexibility index (Phi) is 5.76. The lowest BCUT2D eigenvalue weighted by Crippen LogP contribution is -2.37. The Morgan fingerprint density at radius 2 is 2.00 bits per heavy atom. The highest BCUT2D eigenvalue weighted by Crippen LogP contribution is 2.28. The van der Waals surface area contributed by atoms with Crippen LogP contribution >= 0.6 is 0 Å². The van der Waals surface area contributed by atoms with E-state index in [9.17, 15) is 9.90 Å². The van der Waals surface area contributed by atoms with Crippen molar-refractivity contribution in [2.24, 2.45) is 0 Å². The van der Waals surface area contributed by atoms with E-state index in [0.717, 1.165) is 32.1 Å². The molecule has 3 unspecified atom stereocenters. The maximum Gasteiger partial charge on any atom is 0.303 e. The highest BCUT2D eigenvalue weighted by molar-refractivity contribution is 5.66. The van der Waals surface area contributed by atoms with E-state index < -0.39 is 5.97 Å². The van der Waals surface area contributed by atoms with Crippen LogP contribution in [0.4, 0.5) is 0 Å². The van der Waals surface area contributed by atoms with Crippen molar-refractivity contribution in [3.63, 3.8) is 0 Å². The van der Waals surface area contributed by atoms with Crippen molar-refractivity contribution < 1.29 is 15.0 Å². The standard InChI is InChI=1S/C17H25NO3/c1-18-14(9-5-6-10-17(20)21)12-16(19)15(18)11-13-7-3-2-4-8-13/h2-4,7-8,14-16,19H,5-6,9-12H2,1H3,(H,20,21). The molecule has 1 heterocycles. The highest BCUT2D eigenvalue weighted by atomic mass is 16.4. The van der Waals surface area contributed by atoms with Gasteiger partial charge in [-0.1, -0.05) is 36.8 Å². The van der Waals surface area contributed by atoms with Gasteiger partial charge in [0.1, 0.15) is 0 Å². The lowest BCUT2D eigenvalue weighted by atomic mass is 10.0. The molecule has 1 saturated heterocycles.